The lowest BCUT2D eigenvalue weighted by Crippen LogP contribution is -2.35. The monoisotopic (exact) mass is 585 g/mol. The van der Waals surface area contributed by atoms with Crippen molar-refractivity contribution in [1.29, 1.82) is 0 Å². The normalized spacial score (nSPS) is 16.7. The number of thiophene rings is 1. The van der Waals surface area contributed by atoms with E-state index in [-0.39, 0.29) is 41.0 Å². The number of benzene rings is 2. The molecule has 1 amide bonds. The van der Waals surface area contributed by atoms with Crippen molar-refractivity contribution < 1.29 is 27.6 Å². The molecule has 2 aromatic heterocycles. The molecule has 214 valence electrons. The van der Waals surface area contributed by atoms with Crippen molar-refractivity contribution in [2.24, 2.45) is 0 Å². The number of amides is 1. The Morgan fingerprint density at radius 3 is 2.66 bits per heavy atom. The number of carbonyl (C=O) groups is 1. The lowest BCUT2D eigenvalue weighted by atomic mass is 10.0. The van der Waals surface area contributed by atoms with Crippen LogP contribution < -0.4 is 15.4 Å². The SMILES string of the molecule is Cc1ccc(C(C)C)c(Oc2cc(NC(=O)c3cc4n(n3)[C@H](C(F)(F)F)C[C@H](c3cccs3)N4)cc([N+](=O)[O-])c2)c1. The van der Waals surface area contributed by atoms with Gasteiger partial charge in [0.2, 0.25) is 0 Å². The third-order valence-corrected chi connectivity index (χ3v) is 7.67. The highest BCUT2D eigenvalue weighted by atomic mass is 32.1. The predicted molar refractivity (Wildman–Crippen MR) is 149 cm³/mol. The van der Waals surface area contributed by atoms with Gasteiger partial charge >= 0.3 is 6.18 Å². The van der Waals surface area contributed by atoms with Gasteiger partial charge in [0.15, 0.2) is 11.7 Å². The number of nitro benzene ring substituents is 1. The van der Waals surface area contributed by atoms with E-state index in [0.29, 0.717) is 5.75 Å². The molecule has 0 bridgehead atoms. The number of hydrogen-bond donors (Lipinski definition) is 2. The molecule has 1 aliphatic rings. The summed E-state index contributed by atoms with van der Waals surface area (Å²) in [6.07, 6.45) is -4.88. The lowest BCUT2D eigenvalue weighted by molar-refractivity contribution is -0.384. The van der Waals surface area contributed by atoms with Gasteiger partial charge in [-0.3, -0.25) is 14.9 Å². The zero-order valence-corrected chi connectivity index (χ0v) is 23.0. The van der Waals surface area contributed by atoms with Gasteiger partial charge < -0.3 is 15.4 Å². The summed E-state index contributed by atoms with van der Waals surface area (Å²) in [5.74, 6) is -0.0326. The van der Waals surface area contributed by atoms with Crippen LogP contribution in [0.3, 0.4) is 0 Å². The number of ether oxygens (including phenoxy) is 1. The molecule has 0 saturated carbocycles. The van der Waals surface area contributed by atoms with Crippen LogP contribution in [0.15, 0.2) is 60.0 Å². The number of anilines is 2. The maximum Gasteiger partial charge on any atom is 0.410 e. The Hall–Kier alpha value is -4.39. The van der Waals surface area contributed by atoms with E-state index in [9.17, 15) is 28.1 Å². The van der Waals surface area contributed by atoms with Gasteiger partial charge in [-0.1, -0.05) is 32.0 Å². The van der Waals surface area contributed by atoms with Crippen LogP contribution in [0.4, 0.5) is 30.4 Å². The maximum atomic E-state index is 14.0. The molecule has 1 aliphatic heterocycles. The summed E-state index contributed by atoms with van der Waals surface area (Å²) in [4.78, 5) is 24.9. The van der Waals surface area contributed by atoms with Gasteiger partial charge in [0.25, 0.3) is 11.6 Å². The zero-order valence-electron chi connectivity index (χ0n) is 22.2. The third-order valence-electron chi connectivity index (χ3n) is 6.69. The van der Waals surface area contributed by atoms with Crippen LogP contribution in [0, 0.1) is 17.0 Å². The first-order valence-electron chi connectivity index (χ1n) is 12.7. The van der Waals surface area contributed by atoms with E-state index in [0.717, 1.165) is 26.8 Å². The van der Waals surface area contributed by atoms with Gasteiger partial charge in [-0.15, -0.1) is 11.3 Å². The number of aromatic nitrogens is 2. The number of alkyl halides is 3. The molecule has 41 heavy (non-hydrogen) atoms. The number of fused-ring (bicyclic) bond motifs is 1. The molecule has 4 aromatic rings. The van der Waals surface area contributed by atoms with Crippen molar-refractivity contribution in [2.45, 2.75) is 51.4 Å². The second-order valence-electron chi connectivity index (χ2n) is 10.1. The fourth-order valence-electron chi connectivity index (χ4n) is 4.71. The van der Waals surface area contributed by atoms with E-state index >= 15 is 0 Å². The molecule has 2 N–H and O–H groups in total. The number of nitrogens with zero attached hydrogens (tertiary/aromatic N) is 3. The number of carbonyl (C=O) groups excluding carboxylic acids is 1. The van der Waals surface area contributed by atoms with E-state index < -0.39 is 29.1 Å². The second-order valence-corrected chi connectivity index (χ2v) is 11.1. The van der Waals surface area contributed by atoms with E-state index in [4.69, 9.17) is 4.74 Å². The molecule has 0 spiro atoms. The summed E-state index contributed by atoms with van der Waals surface area (Å²) in [6.45, 7) is 5.87. The standard InChI is InChI=1S/C28H26F3N5O4S/c1-15(2)20-7-6-16(3)9-23(20)40-19-11-17(10-18(12-19)36(38)39)32-27(37)22-14-26-33-21(24-5-4-8-41-24)13-25(28(29,30)31)35(26)34-22/h4-12,14-15,21,25,33H,13H2,1-3H3,(H,32,37)/t21-,25+/m1/s1. The van der Waals surface area contributed by atoms with Crippen molar-refractivity contribution in [3.8, 4) is 11.5 Å². The summed E-state index contributed by atoms with van der Waals surface area (Å²) < 4.78 is 48.7. The van der Waals surface area contributed by atoms with Gasteiger partial charge in [0.05, 0.1) is 22.7 Å². The Bertz CT molecular complexity index is 1600. The van der Waals surface area contributed by atoms with Crippen LogP contribution in [0.2, 0.25) is 0 Å². The van der Waals surface area contributed by atoms with Crippen LogP contribution in [-0.4, -0.2) is 26.8 Å². The Morgan fingerprint density at radius 2 is 2.00 bits per heavy atom. The summed E-state index contributed by atoms with van der Waals surface area (Å²) in [5, 5.41) is 22.9. The van der Waals surface area contributed by atoms with Crippen LogP contribution in [0.1, 0.15) is 64.8 Å². The molecule has 0 radical (unpaired) electrons. The molecule has 0 fully saturated rings. The van der Waals surface area contributed by atoms with Gasteiger partial charge in [-0.25, -0.2) is 4.68 Å². The number of non-ortho nitro benzene ring substituents is 1. The fourth-order valence-corrected chi connectivity index (χ4v) is 5.50. The molecule has 0 unspecified atom stereocenters. The number of hydrogen-bond acceptors (Lipinski definition) is 7. The molecule has 9 nitrogen and oxygen atoms in total. The highest BCUT2D eigenvalue weighted by Crippen LogP contribution is 2.44. The molecule has 0 aliphatic carbocycles. The second kappa shape index (κ2) is 10.9. The topological polar surface area (TPSA) is 111 Å². The van der Waals surface area contributed by atoms with Crippen molar-refractivity contribution in [1.82, 2.24) is 9.78 Å². The van der Waals surface area contributed by atoms with Crippen LogP contribution >= 0.6 is 11.3 Å². The highest BCUT2D eigenvalue weighted by molar-refractivity contribution is 7.10. The molecule has 2 atom stereocenters. The predicted octanol–water partition coefficient (Wildman–Crippen LogP) is 7.99. The van der Waals surface area contributed by atoms with Gasteiger partial charge in [-0.05, 0) is 41.5 Å². The van der Waals surface area contributed by atoms with Crippen LogP contribution in [-0.2, 0) is 0 Å². The molecule has 5 rings (SSSR count). The largest absolute Gasteiger partial charge is 0.457 e. The van der Waals surface area contributed by atoms with E-state index in [1.165, 1.54) is 29.5 Å². The minimum absolute atomic E-state index is 0.0284. The average Bonchev–Trinajstić information content (AvgIpc) is 3.57. The first kappa shape index (κ1) is 28.1. The fraction of sp³-hybridized carbons (Fsp3) is 0.286. The number of aryl methyl sites for hydroxylation is 1. The molecule has 3 heterocycles. The van der Waals surface area contributed by atoms with E-state index in [1.54, 1.807) is 17.5 Å². The number of nitrogens with one attached hydrogen (secondary N) is 2. The van der Waals surface area contributed by atoms with E-state index in [1.807, 2.05) is 39.0 Å². The first-order valence-corrected chi connectivity index (χ1v) is 13.6. The molecular formula is C28H26F3N5O4S. The first-order chi connectivity index (χ1) is 19.4. The number of nitro groups is 1. The van der Waals surface area contributed by atoms with Crippen molar-refractivity contribution in [3.05, 3.63) is 91.8 Å². The Kier molecular flexibility index (Phi) is 7.47. The van der Waals surface area contributed by atoms with Crippen molar-refractivity contribution >= 4 is 34.4 Å². The molecule has 2 aromatic carbocycles. The maximum absolute atomic E-state index is 14.0. The number of rotatable bonds is 7. The summed E-state index contributed by atoms with van der Waals surface area (Å²) in [6, 6.07) is 11.7. The Balaban J connectivity index is 1.44. The van der Waals surface area contributed by atoms with Crippen molar-refractivity contribution in [3.63, 3.8) is 0 Å². The Labute approximate surface area is 237 Å². The zero-order chi connectivity index (χ0) is 29.5. The van der Waals surface area contributed by atoms with Crippen LogP contribution in [0.25, 0.3) is 0 Å². The Morgan fingerprint density at radius 1 is 1.22 bits per heavy atom. The molecule has 0 saturated heterocycles. The highest BCUT2D eigenvalue weighted by Gasteiger charge is 2.47. The molecule has 13 heteroatoms. The van der Waals surface area contributed by atoms with Gasteiger partial charge in [0.1, 0.15) is 17.3 Å². The average molecular weight is 586 g/mol. The third kappa shape index (κ3) is 6.04. The van der Waals surface area contributed by atoms with Crippen molar-refractivity contribution in [2.75, 3.05) is 10.6 Å². The number of halogens is 3. The summed E-state index contributed by atoms with van der Waals surface area (Å²) in [7, 11) is 0. The summed E-state index contributed by atoms with van der Waals surface area (Å²) in [5.41, 5.74) is 1.24. The minimum atomic E-state index is -4.59. The minimum Gasteiger partial charge on any atom is -0.457 e. The van der Waals surface area contributed by atoms with E-state index in [2.05, 4.69) is 15.7 Å². The summed E-state index contributed by atoms with van der Waals surface area (Å²) >= 11 is 1.33. The quantitative estimate of drug-likeness (QED) is 0.168. The smallest absolute Gasteiger partial charge is 0.410 e. The van der Waals surface area contributed by atoms with Crippen LogP contribution in [0.5, 0.6) is 11.5 Å². The van der Waals surface area contributed by atoms with Gasteiger partial charge in [0, 0.05) is 29.5 Å². The molecular weight excluding hydrogens is 559 g/mol. The van der Waals surface area contributed by atoms with Gasteiger partial charge in [-0.2, -0.15) is 18.3 Å². The lowest BCUT2D eigenvalue weighted by Gasteiger charge is -2.32.